The average molecular weight is 328 g/mol. The summed E-state index contributed by atoms with van der Waals surface area (Å²) in [7, 11) is 0. The van der Waals surface area contributed by atoms with Crippen molar-refractivity contribution >= 4 is 34.8 Å². The Bertz CT molecular complexity index is 644. The van der Waals surface area contributed by atoms with Crippen molar-refractivity contribution in [3.63, 3.8) is 0 Å². The minimum absolute atomic E-state index is 0.0684. The maximum absolute atomic E-state index is 13.4. The van der Waals surface area contributed by atoms with Crippen LogP contribution in [0.2, 0.25) is 10.0 Å². The third kappa shape index (κ3) is 4.43. The Morgan fingerprint density at radius 3 is 2.43 bits per heavy atom. The van der Waals surface area contributed by atoms with Crippen LogP contribution < -0.4 is 5.32 Å². The second-order valence-electron chi connectivity index (χ2n) is 4.45. The molecule has 1 atom stereocenters. The van der Waals surface area contributed by atoms with Gasteiger partial charge in [0.1, 0.15) is 5.82 Å². The summed E-state index contributed by atoms with van der Waals surface area (Å²) >= 11 is 11.7. The van der Waals surface area contributed by atoms with E-state index < -0.39 is 17.8 Å². The standard InChI is InChI=1S/C15H12Cl2FNO2/c16-10-5-9(6-11(17)7-10)14(20)8-15(21)19-13-4-2-1-3-12(13)18/h1-7,14,20H,8H2,(H,19,21). The molecule has 0 aromatic heterocycles. The van der Waals surface area contributed by atoms with Gasteiger partial charge in [0.05, 0.1) is 18.2 Å². The number of carbonyl (C=O) groups is 1. The minimum Gasteiger partial charge on any atom is -0.388 e. The zero-order valence-corrected chi connectivity index (χ0v) is 12.3. The van der Waals surface area contributed by atoms with Crippen LogP contribution in [-0.2, 0) is 4.79 Å². The number of nitrogens with one attached hydrogen (secondary N) is 1. The van der Waals surface area contributed by atoms with Crippen molar-refractivity contribution in [1.29, 1.82) is 0 Å². The summed E-state index contributed by atoms with van der Waals surface area (Å²) in [4.78, 5) is 11.8. The lowest BCUT2D eigenvalue weighted by Gasteiger charge is -2.12. The third-order valence-electron chi connectivity index (χ3n) is 2.80. The fraction of sp³-hybridized carbons (Fsp3) is 0.133. The molecule has 0 aliphatic heterocycles. The number of hydrogen-bond donors (Lipinski definition) is 2. The van der Waals surface area contributed by atoms with Gasteiger partial charge in [-0.3, -0.25) is 4.79 Å². The van der Waals surface area contributed by atoms with Gasteiger partial charge in [-0.25, -0.2) is 4.39 Å². The molecule has 0 radical (unpaired) electrons. The number of amides is 1. The molecule has 0 saturated heterocycles. The van der Waals surface area contributed by atoms with Crippen molar-refractivity contribution in [3.8, 4) is 0 Å². The van der Waals surface area contributed by atoms with Crippen molar-refractivity contribution in [1.82, 2.24) is 0 Å². The predicted octanol–water partition coefficient (Wildman–Crippen LogP) is 4.19. The van der Waals surface area contributed by atoms with Crippen molar-refractivity contribution in [2.75, 3.05) is 5.32 Å². The van der Waals surface area contributed by atoms with E-state index in [1.807, 2.05) is 0 Å². The third-order valence-corrected chi connectivity index (χ3v) is 3.23. The Kier molecular flexibility index (Phi) is 5.17. The van der Waals surface area contributed by atoms with Gasteiger partial charge in [-0.05, 0) is 35.9 Å². The first kappa shape index (κ1) is 15.8. The second-order valence-corrected chi connectivity index (χ2v) is 5.32. The molecular formula is C15H12Cl2FNO2. The van der Waals surface area contributed by atoms with E-state index >= 15 is 0 Å². The Balaban J connectivity index is 2.04. The molecule has 0 spiro atoms. The summed E-state index contributed by atoms with van der Waals surface area (Å²) < 4.78 is 13.4. The lowest BCUT2D eigenvalue weighted by Crippen LogP contribution is -2.16. The first-order chi connectivity index (χ1) is 9.95. The van der Waals surface area contributed by atoms with Gasteiger partial charge in [-0.2, -0.15) is 0 Å². The topological polar surface area (TPSA) is 49.3 Å². The highest BCUT2D eigenvalue weighted by atomic mass is 35.5. The van der Waals surface area contributed by atoms with E-state index in [0.717, 1.165) is 0 Å². The molecule has 1 unspecified atom stereocenters. The number of aliphatic hydroxyl groups excluding tert-OH is 1. The van der Waals surface area contributed by atoms with Crippen LogP contribution in [0.4, 0.5) is 10.1 Å². The maximum Gasteiger partial charge on any atom is 0.227 e. The molecule has 2 rings (SSSR count). The molecule has 0 aliphatic carbocycles. The van der Waals surface area contributed by atoms with E-state index in [2.05, 4.69) is 5.32 Å². The summed E-state index contributed by atoms with van der Waals surface area (Å²) in [6.45, 7) is 0. The molecule has 0 bridgehead atoms. The van der Waals surface area contributed by atoms with Crippen LogP contribution in [0.15, 0.2) is 42.5 Å². The Morgan fingerprint density at radius 2 is 1.81 bits per heavy atom. The number of para-hydroxylation sites is 1. The van der Waals surface area contributed by atoms with Gasteiger partial charge in [0.15, 0.2) is 0 Å². The Labute approximate surface area is 131 Å². The summed E-state index contributed by atoms with van der Waals surface area (Å²) in [5, 5.41) is 13.1. The van der Waals surface area contributed by atoms with Crippen LogP contribution in [0.5, 0.6) is 0 Å². The van der Waals surface area contributed by atoms with Crippen LogP contribution in [-0.4, -0.2) is 11.0 Å². The molecule has 0 aliphatic rings. The molecule has 0 fully saturated rings. The highest BCUT2D eigenvalue weighted by Gasteiger charge is 2.15. The van der Waals surface area contributed by atoms with Crippen molar-refractivity contribution in [3.05, 3.63) is 63.9 Å². The van der Waals surface area contributed by atoms with E-state index in [-0.39, 0.29) is 12.1 Å². The van der Waals surface area contributed by atoms with Gasteiger partial charge in [0.25, 0.3) is 0 Å². The fourth-order valence-electron chi connectivity index (χ4n) is 1.82. The largest absolute Gasteiger partial charge is 0.388 e. The van der Waals surface area contributed by atoms with Gasteiger partial charge >= 0.3 is 0 Å². The highest BCUT2D eigenvalue weighted by molar-refractivity contribution is 6.34. The first-order valence-electron chi connectivity index (χ1n) is 6.14. The molecule has 2 aromatic rings. The van der Waals surface area contributed by atoms with Crippen LogP contribution in [0, 0.1) is 5.82 Å². The first-order valence-corrected chi connectivity index (χ1v) is 6.90. The van der Waals surface area contributed by atoms with Gasteiger partial charge in [-0.15, -0.1) is 0 Å². The number of anilines is 1. The minimum atomic E-state index is -1.08. The summed E-state index contributed by atoms with van der Waals surface area (Å²) in [6, 6.07) is 10.4. The van der Waals surface area contributed by atoms with Crippen molar-refractivity contribution < 1.29 is 14.3 Å². The monoisotopic (exact) mass is 327 g/mol. The molecule has 2 N–H and O–H groups in total. The number of carbonyl (C=O) groups excluding carboxylic acids is 1. The van der Waals surface area contributed by atoms with Crippen LogP contribution in [0.25, 0.3) is 0 Å². The van der Waals surface area contributed by atoms with Gasteiger partial charge in [0, 0.05) is 10.0 Å². The smallest absolute Gasteiger partial charge is 0.227 e. The van der Waals surface area contributed by atoms with E-state index in [1.165, 1.54) is 36.4 Å². The van der Waals surface area contributed by atoms with E-state index in [4.69, 9.17) is 23.2 Å². The lowest BCUT2D eigenvalue weighted by atomic mass is 10.1. The summed E-state index contributed by atoms with van der Waals surface area (Å²) in [6.07, 6.45) is -1.31. The SMILES string of the molecule is O=C(CC(O)c1cc(Cl)cc(Cl)c1)Nc1ccccc1F. The molecule has 6 heteroatoms. The average Bonchev–Trinajstić information content (AvgIpc) is 2.40. The maximum atomic E-state index is 13.4. The number of rotatable bonds is 4. The summed E-state index contributed by atoms with van der Waals surface area (Å²) in [5.41, 5.74) is 0.495. The molecule has 0 heterocycles. The second kappa shape index (κ2) is 6.89. The molecule has 110 valence electrons. The van der Waals surface area contributed by atoms with Crippen LogP contribution in [0.1, 0.15) is 18.1 Å². The zero-order valence-electron chi connectivity index (χ0n) is 10.8. The van der Waals surface area contributed by atoms with Crippen LogP contribution in [0.3, 0.4) is 0 Å². The van der Waals surface area contributed by atoms with Gasteiger partial charge < -0.3 is 10.4 Å². The van der Waals surface area contributed by atoms with E-state index in [0.29, 0.717) is 15.6 Å². The number of halogens is 3. The number of aliphatic hydroxyl groups is 1. The van der Waals surface area contributed by atoms with Gasteiger partial charge in [-0.1, -0.05) is 35.3 Å². The van der Waals surface area contributed by atoms with E-state index in [1.54, 1.807) is 6.07 Å². The Hall–Kier alpha value is -1.62. The zero-order chi connectivity index (χ0) is 15.4. The fourth-order valence-corrected chi connectivity index (χ4v) is 2.37. The highest BCUT2D eigenvalue weighted by Crippen LogP contribution is 2.25. The molecule has 3 nitrogen and oxygen atoms in total. The van der Waals surface area contributed by atoms with Crippen LogP contribution >= 0.6 is 23.2 Å². The molecule has 1 amide bonds. The molecular weight excluding hydrogens is 316 g/mol. The summed E-state index contributed by atoms with van der Waals surface area (Å²) in [5.74, 6) is -1.05. The molecule has 2 aromatic carbocycles. The number of benzene rings is 2. The number of hydrogen-bond acceptors (Lipinski definition) is 2. The molecule has 0 saturated carbocycles. The Morgan fingerprint density at radius 1 is 1.19 bits per heavy atom. The molecule has 21 heavy (non-hydrogen) atoms. The quantitative estimate of drug-likeness (QED) is 0.884. The normalized spacial score (nSPS) is 12.0. The van der Waals surface area contributed by atoms with E-state index in [9.17, 15) is 14.3 Å². The lowest BCUT2D eigenvalue weighted by molar-refractivity contribution is -0.118. The van der Waals surface area contributed by atoms with Crippen molar-refractivity contribution in [2.45, 2.75) is 12.5 Å². The van der Waals surface area contributed by atoms with Crippen molar-refractivity contribution in [2.24, 2.45) is 0 Å². The predicted molar refractivity (Wildman–Crippen MR) is 81.1 cm³/mol. The van der Waals surface area contributed by atoms with Gasteiger partial charge in [0.2, 0.25) is 5.91 Å².